The number of amides is 1. The van der Waals surface area contributed by atoms with Gasteiger partial charge >= 0.3 is 11.9 Å². The Hall–Kier alpha value is -3.88. The minimum absolute atomic E-state index is 0.0583. The number of ether oxygens (including phenoxy) is 2. The van der Waals surface area contributed by atoms with E-state index < -0.39 is 17.8 Å². The van der Waals surface area contributed by atoms with E-state index in [2.05, 4.69) is 5.32 Å². The molecule has 0 radical (unpaired) electrons. The molecule has 0 saturated carbocycles. The molecule has 0 bridgehead atoms. The lowest BCUT2D eigenvalue weighted by atomic mass is 10.1. The Labute approximate surface area is 190 Å². The summed E-state index contributed by atoms with van der Waals surface area (Å²) in [6, 6.07) is 7.09. The number of furan rings is 1. The fourth-order valence-corrected chi connectivity index (χ4v) is 3.73. The van der Waals surface area contributed by atoms with Gasteiger partial charge in [0.1, 0.15) is 23.4 Å². The van der Waals surface area contributed by atoms with E-state index in [-0.39, 0.29) is 48.1 Å². The van der Waals surface area contributed by atoms with E-state index >= 15 is 0 Å². The first-order chi connectivity index (χ1) is 15.7. The predicted molar refractivity (Wildman–Crippen MR) is 122 cm³/mol. The van der Waals surface area contributed by atoms with Gasteiger partial charge in [0.05, 0.1) is 18.7 Å². The van der Waals surface area contributed by atoms with Crippen LogP contribution in [0, 0.1) is 20.8 Å². The Morgan fingerprint density at radius 1 is 0.970 bits per heavy atom. The third kappa shape index (κ3) is 4.67. The molecule has 2 heterocycles. The van der Waals surface area contributed by atoms with Crippen molar-refractivity contribution in [3.05, 3.63) is 62.6 Å². The maximum Gasteiger partial charge on any atom is 0.344 e. The number of para-hydroxylation sites is 1. The summed E-state index contributed by atoms with van der Waals surface area (Å²) >= 11 is 0. The molecule has 1 aromatic carbocycles. The molecular weight excluding hydrogens is 428 g/mol. The van der Waals surface area contributed by atoms with E-state index in [9.17, 15) is 19.2 Å². The largest absolute Gasteiger partial charge is 0.462 e. The molecule has 0 aliphatic rings. The molecule has 9 nitrogen and oxygen atoms in total. The highest BCUT2D eigenvalue weighted by molar-refractivity contribution is 6.09. The van der Waals surface area contributed by atoms with Crippen molar-refractivity contribution in [2.24, 2.45) is 0 Å². The van der Waals surface area contributed by atoms with Crippen LogP contribution in [0.25, 0.3) is 10.9 Å². The van der Waals surface area contributed by atoms with Crippen molar-refractivity contribution in [3.8, 4) is 0 Å². The highest BCUT2D eigenvalue weighted by Crippen LogP contribution is 2.29. The molecule has 0 unspecified atom stereocenters. The number of hydrogen-bond acceptors (Lipinski definition) is 7. The van der Waals surface area contributed by atoms with E-state index in [4.69, 9.17) is 13.9 Å². The molecule has 3 rings (SSSR count). The Kier molecular flexibility index (Phi) is 7.01. The van der Waals surface area contributed by atoms with Crippen LogP contribution in [-0.2, 0) is 20.8 Å². The quantitative estimate of drug-likeness (QED) is 0.543. The maximum absolute atomic E-state index is 12.9. The third-order valence-electron chi connectivity index (χ3n) is 5.14. The zero-order valence-electron chi connectivity index (χ0n) is 19.2. The second kappa shape index (κ2) is 9.72. The molecule has 0 fully saturated rings. The zero-order valence-corrected chi connectivity index (χ0v) is 19.2. The fourth-order valence-electron chi connectivity index (χ4n) is 3.73. The number of rotatable bonds is 7. The lowest BCUT2D eigenvalue weighted by Crippen LogP contribution is -2.28. The van der Waals surface area contributed by atoms with Crippen molar-refractivity contribution >= 4 is 34.6 Å². The van der Waals surface area contributed by atoms with Crippen LogP contribution in [-0.4, -0.2) is 35.6 Å². The maximum atomic E-state index is 12.9. The van der Waals surface area contributed by atoms with Crippen LogP contribution in [0.3, 0.4) is 0 Å². The Balaban J connectivity index is 2.01. The molecule has 9 heteroatoms. The first-order valence-electron chi connectivity index (χ1n) is 10.6. The molecule has 0 spiro atoms. The normalized spacial score (nSPS) is 10.8. The number of carbonyl (C=O) groups excluding carboxylic acids is 3. The lowest BCUT2D eigenvalue weighted by molar-refractivity contribution is -0.116. The second-order valence-electron chi connectivity index (χ2n) is 7.45. The van der Waals surface area contributed by atoms with E-state index in [1.165, 1.54) is 17.6 Å². The van der Waals surface area contributed by atoms with Gasteiger partial charge in [-0.05, 0) is 45.7 Å². The van der Waals surface area contributed by atoms with Gasteiger partial charge in [-0.15, -0.1) is 0 Å². The average molecular weight is 454 g/mol. The molecule has 1 amide bonds. The van der Waals surface area contributed by atoms with Crippen LogP contribution in [0.2, 0.25) is 0 Å². The minimum atomic E-state index is -0.832. The molecule has 0 aliphatic carbocycles. The number of carbonyl (C=O) groups is 3. The number of nitrogens with one attached hydrogen (secondary N) is 1. The number of esters is 2. The van der Waals surface area contributed by atoms with E-state index in [0.717, 1.165) is 16.5 Å². The van der Waals surface area contributed by atoms with Crippen LogP contribution in [0.5, 0.6) is 0 Å². The van der Waals surface area contributed by atoms with Gasteiger partial charge in [-0.2, -0.15) is 0 Å². The summed E-state index contributed by atoms with van der Waals surface area (Å²) in [5, 5.41) is 3.36. The van der Waals surface area contributed by atoms with Crippen molar-refractivity contribution in [1.82, 2.24) is 4.57 Å². The topological polar surface area (TPSA) is 117 Å². The summed E-state index contributed by atoms with van der Waals surface area (Å²) < 4.78 is 16.9. The van der Waals surface area contributed by atoms with Gasteiger partial charge in [-0.25, -0.2) is 9.59 Å². The van der Waals surface area contributed by atoms with Crippen molar-refractivity contribution in [2.75, 3.05) is 18.5 Å². The third-order valence-corrected chi connectivity index (χ3v) is 5.14. The van der Waals surface area contributed by atoms with Gasteiger partial charge in [0.15, 0.2) is 0 Å². The van der Waals surface area contributed by atoms with Crippen LogP contribution in [0.1, 0.15) is 51.5 Å². The second-order valence-corrected chi connectivity index (χ2v) is 7.45. The number of nitrogens with zero attached hydrogens (tertiary/aromatic N) is 1. The average Bonchev–Trinajstić information content (AvgIpc) is 3.07. The summed E-state index contributed by atoms with van der Waals surface area (Å²) in [6.07, 6.45) is 0. The van der Waals surface area contributed by atoms with Gasteiger partial charge in [-0.1, -0.05) is 18.2 Å². The molecule has 33 heavy (non-hydrogen) atoms. The SMILES string of the molecule is CCOC(=O)c1c(C)oc(NC(=O)Cn2c(=O)cc(C)c3cccc(C)c32)c1C(=O)OCC. The van der Waals surface area contributed by atoms with Crippen LogP contribution in [0.4, 0.5) is 5.88 Å². The number of hydrogen-bond donors (Lipinski definition) is 1. The number of benzene rings is 1. The molecule has 0 saturated heterocycles. The molecule has 1 N–H and O–H groups in total. The fraction of sp³-hybridized carbons (Fsp3) is 0.333. The van der Waals surface area contributed by atoms with Crippen molar-refractivity contribution in [1.29, 1.82) is 0 Å². The number of aryl methyl sites for hydroxylation is 3. The van der Waals surface area contributed by atoms with Crippen molar-refractivity contribution < 1.29 is 28.3 Å². The van der Waals surface area contributed by atoms with Gasteiger partial charge in [0.2, 0.25) is 11.8 Å². The predicted octanol–water partition coefficient (Wildman–Crippen LogP) is 3.51. The standard InChI is InChI=1S/C24H26N2O7/c1-6-31-23(29)19-15(5)33-22(20(19)24(30)32-7-2)25-17(27)12-26-18(28)11-14(4)16-10-8-9-13(3)21(16)26/h8-11H,6-7,12H2,1-5H3,(H,25,27). The number of aromatic nitrogens is 1. The molecule has 174 valence electrons. The van der Waals surface area contributed by atoms with Gasteiger partial charge < -0.3 is 13.9 Å². The summed E-state index contributed by atoms with van der Waals surface area (Å²) in [6.45, 7) is 8.25. The molecule has 0 atom stereocenters. The lowest BCUT2D eigenvalue weighted by Gasteiger charge is -2.14. The highest BCUT2D eigenvalue weighted by Gasteiger charge is 2.31. The molecular formula is C24H26N2O7. The van der Waals surface area contributed by atoms with Crippen molar-refractivity contribution in [2.45, 2.75) is 41.2 Å². The van der Waals surface area contributed by atoms with E-state index in [0.29, 0.717) is 5.52 Å². The Morgan fingerprint density at radius 2 is 1.61 bits per heavy atom. The first-order valence-corrected chi connectivity index (χ1v) is 10.6. The highest BCUT2D eigenvalue weighted by atomic mass is 16.5. The zero-order chi connectivity index (χ0) is 24.3. The van der Waals surface area contributed by atoms with Gasteiger partial charge in [0.25, 0.3) is 5.56 Å². The van der Waals surface area contributed by atoms with Gasteiger partial charge in [-0.3, -0.25) is 19.5 Å². The van der Waals surface area contributed by atoms with Crippen molar-refractivity contribution in [3.63, 3.8) is 0 Å². The number of pyridine rings is 1. The van der Waals surface area contributed by atoms with E-state index in [1.54, 1.807) is 13.8 Å². The smallest absolute Gasteiger partial charge is 0.344 e. The summed E-state index contributed by atoms with van der Waals surface area (Å²) in [5.41, 5.74) is 1.62. The molecule has 3 aromatic rings. The van der Waals surface area contributed by atoms with E-state index in [1.807, 2.05) is 32.0 Å². The number of fused-ring (bicyclic) bond motifs is 1. The Bertz CT molecular complexity index is 1300. The van der Waals surface area contributed by atoms with Crippen LogP contribution >= 0.6 is 0 Å². The van der Waals surface area contributed by atoms with Crippen LogP contribution in [0.15, 0.2) is 33.5 Å². The summed E-state index contributed by atoms with van der Waals surface area (Å²) in [7, 11) is 0. The summed E-state index contributed by atoms with van der Waals surface area (Å²) in [4.78, 5) is 50.6. The monoisotopic (exact) mass is 454 g/mol. The number of anilines is 1. The Morgan fingerprint density at radius 3 is 2.24 bits per heavy atom. The summed E-state index contributed by atoms with van der Waals surface area (Å²) in [5.74, 6) is -2.35. The minimum Gasteiger partial charge on any atom is -0.462 e. The molecule has 2 aromatic heterocycles. The van der Waals surface area contributed by atoms with Gasteiger partial charge in [0, 0.05) is 11.5 Å². The van der Waals surface area contributed by atoms with Crippen LogP contribution < -0.4 is 10.9 Å². The first kappa shape index (κ1) is 23.8. The molecule has 0 aliphatic heterocycles.